The molecule has 0 radical (unpaired) electrons. The minimum absolute atomic E-state index is 0.202. The Morgan fingerprint density at radius 3 is 2.40 bits per heavy atom. The first-order valence-electron chi connectivity index (χ1n) is 4.97. The van der Waals surface area contributed by atoms with Gasteiger partial charge in [-0.3, -0.25) is 5.32 Å². The van der Waals surface area contributed by atoms with Gasteiger partial charge in [0.1, 0.15) is 5.82 Å². The van der Waals surface area contributed by atoms with Gasteiger partial charge in [0.25, 0.3) is 0 Å². The summed E-state index contributed by atoms with van der Waals surface area (Å²) in [5.74, 6) is 5.75. The van der Waals surface area contributed by atoms with Crippen LogP contribution in [0.3, 0.4) is 0 Å². The third kappa shape index (κ3) is 4.14. The summed E-state index contributed by atoms with van der Waals surface area (Å²) in [6.07, 6.45) is 0. The lowest BCUT2D eigenvalue weighted by Gasteiger charge is -2.19. The molecule has 15 heavy (non-hydrogen) atoms. The lowest BCUT2D eigenvalue weighted by atomic mass is 10.1. The molecule has 1 rings (SSSR count). The van der Waals surface area contributed by atoms with Crippen LogP contribution in [0.5, 0.6) is 0 Å². The number of halogens is 1. The summed E-state index contributed by atoms with van der Waals surface area (Å²) in [7, 11) is 0. The number of hydrogen-bond donors (Lipinski definition) is 1. The Morgan fingerprint density at radius 2 is 1.87 bits per heavy atom. The lowest BCUT2D eigenvalue weighted by Crippen LogP contribution is -2.37. The second-order valence-electron chi connectivity index (χ2n) is 3.98. The van der Waals surface area contributed by atoms with E-state index in [0.29, 0.717) is 6.54 Å². The van der Waals surface area contributed by atoms with Crippen LogP contribution in [-0.4, -0.2) is 5.54 Å². The summed E-state index contributed by atoms with van der Waals surface area (Å²) >= 11 is 0. The maximum Gasteiger partial charge on any atom is 0.123 e. The van der Waals surface area contributed by atoms with Crippen LogP contribution in [0.4, 0.5) is 4.39 Å². The van der Waals surface area contributed by atoms with Crippen LogP contribution >= 0.6 is 0 Å². The minimum Gasteiger partial charge on any atom is -0.298 e. The van der Waals surface area contributed by atoms with Crippen LogP contribution in [0.25, 0.3) is 0 Å². The largest absolute Gasteiger partial charge is 0.298 e. The highest BCUT2D eigenvalue weighted by atomic mass is 19.1. The van der Waals surface area contributed by atoms with Gasteiger partial charge in [0.2, 0.25) is 0 Å². The van der Waals surface area contributed by atoms with Gasteiger partial charge >= 0.3 is 0 Å². The van der Waals surface area contributed by atoms with Crippen molar-refractivity contribution in [3.05, 3.63) is 35.6 Å². The van der Waals surface area contributed by atoms with Gasteiger partial charge in [0.15, 0.2) is 0 Å². The van der Waals surface area contributed by atoms with E-state index in [0.717, 1.165) is 5.56 Å². The van der Waals surface area contributed by atoms with E-state index in [2.05, 4.69) is 17.2 Å². The smallest absolute Gasteiger partial charge is 0.123 e. The van der Waals surface area contributed by atoms with Gasteiger partial charge in [-0.2, -0.15) is 0 Å². The summed E-state index contributed by atoms with van der Waals surface area (Å²) in [6.45, 7) is 6.56. The van der Waals surface area contributed by atoms with Gasteiger partial charge in [-0.05, 0) is 38.5 Å². The number of nitrogens with one attached hydrogen (secondary N) is 1. The monoisotopic (exact) mass is 205 g/mol. The van der Waals surface area contributed by atoms with E-state index >= 15 is 0 Å². The summed E-state index contributed by atoms with van der Waals surface area (Å²) in [6, 6.07) is 6.49. The maximum absolute atomic E-state index is 12.6. The Bertz CT molecular complexity index is 368. The van der Waals surface area contributed by atoms with E-state index < -0.39 is 0 Å². The summed E-state index contributed by atoms with van der Waals surface area (Å²) in [5, 5.41) is 3.30. The Hall–Kier alpha value is -1.33. The van der Waals surface area contributed by atoms with E-state index in [9.17, 15) is 4.39 Å². The summed E-state index contributed by atoms with van der Waals surface area (Å²) in [4.78, 5) is 0. The Morgan fingerprint density at radius 1 is 1.27 bits per heavy atom. The van der Waals surface area contributed by atoms with Crippen LogP contribution in [0.2, 0.25) is 0 Å². The fourth-order valence-electron chi connectivity index (χ4n) is 1.28. The Kier molecular flexibility index (Phi) is 3.88. The van der Waals surface area contributed by atoms with Crippen molar-refractivity contribution in [2.24, 2.45) is 0 Å². The van der Waals surface area contributed by atoms with Gasteiger partial charge in [0, 0.05) is 6.54 Å². The first kappa shape index (κ1) is 11.7. The molecule has 0 spiro atoms. The molecule has 0 unspecified atom stereocenters. The molecule has 0 saturated heterocycles. The molecular formula is C13H16FN. The van der Waals surface area contributed by atoms with Crippen molar-refractivity contribution >= 4 is 0 Å². The van der Waals surface area contributed by atoms with Gasteiger partial charge < -0.3 is 0 Å². The second kappa shape index (κ2) is 4.95. The van der Waals surface area contributed by atoms with Crippen LogP contribution in [0, 0.1) is 17.7 Å². The zero-order valence-corrected chi connectivity index (χ0v) is 9.39. The predicted octanol–water partition coefficient (Wildman–Crippen LogP) is 2.72. The van der Waals surface area contributed by atoms with Gasteiger partial charge in [0.05, 0.1) is 5.54 Å². The maximum atomic E-state index is 12.6. The van der Waals surface area contributed by atoms with E-state index in [1.807, 2.05) is 20.8 Å². The summed E-state index contributed by atoms with van der Waals surface area (Å²) in [5.41, 5.74) is 0.853. The molecule has 1 nitrogen and oxygen atoms in total. The van der Waals surface area contributed by atoms with Crippen LogP contribution in [0.15, 0.2) is 24.3 Å². The van der Waals surface area contributed by atoms with Crippen LogP contribution < -0.4 is 5.32 Å². The van der Waals surface area contributed by atoms with Crippen molar-refractivity contribution in [1.29, 1.82) is 0 Å². The highest BCUT2D eigenvalue weighted by molar-refractivity contribution is 5.18. The van der Waals surface area contributed by atoms with Crippen molar-refractivity contribution < 1.29 is 4.39 Å². The zero-order chi connectivity index (χ0) is 11.3. The normalized spacial score (nSPS) is 10.7. The van der Waals surface area contributed by atoms with Crippen molar-refractivity contribution in [2.75, 3.05) is 0 Å². The van der Waals surface area contributed by atoms with Crippen molar-refractivity contribution in [3.8, 4) is 11.8 Å². The third-order valence-corrected chi connectivity index (χ3v) is 2.09. The fraction of sp³-hybridized carbons (Fsp3) is 0.385. The SMILES string of the molecule is CC#CC(C)(C)NCc1ccc(F)cc1. The molecule has 0 heterocycles. The molecule has 0 aliphatic carbocycles. The van der Waals surface area contributed by atoms with Crippen LogP contribution in [0.1, 0.15) is 26.3 Å². The molecule has 1 aromatic carbocycles. The highest BCUT2D eigenvalue weighted by Crippen LogP contribution is 2.05. The van der Waals surface area contributed by atoms with E-state index in [-0.39, 0.29) is 11.4 Å². The summed E-state index contributed by atoms with van der Waals surface area (Å²) < 4.78 is 12.6. The predicted molar refractivity (Wildman–Crippen MR) is 60.8 cm³/mol. The van der Waals surface area contributed by atoms with E-state index in [1.165, 1.54) is 12.1 Å². The minimum atomic E-state index is -0.205. The second-order valence-corrected chi connectivity index (χ2v) is 3.98. The van der Waals surface area contributed by atoms with Crippen molar-refractivity contribution in [1.82, 2.24) is 5.32 Å². The van der Waals surface area contributed by atoms with Gasteiger partial charge in [-0.25, -0.2) is 4.39 Å². The Labute approximate surface area is 90.7 Å². The lowest BCUT2D eigenvalue weighted by molar-refractivity contribution is 0.490. The molecule has 0 aliphatic heterocycles. The quantitative estimate of drug-likeness (QED) is 0.748. The topological polar surface area (TPSA) is 12.0 Å². The fourth-order valence-corrected chi connectivity index (χ4v) is 1.28. The van der Waals surface area contributed by atoms with Gasteiger partial charge in [-0.15, -0.1) is 5.92 Å². The highest BCUT2D eigenvalue weighted by Gasteiger charge is 2.12. The molecule has 0 bridgehead atoms. The number of rotatable bonds is 3. The molecular weight excluding hydrogens is 189 g/mol. The van der Waals surface area contributed by atoms with Crippen LogP contribution in [-0.2, 0) is 6.54 Å². The molecule has 0 fully saturated rings. The molecule has 2 heteroatoms. The molecule has 0 saturated carbocycles. The third-order valence-electron chi connectivity index (χ3n) is 2.09. The zero-order valence-electron chi connectivity index (χ0n) is 9.39. The average molecular weight is 205 g/mol. The molecule has 0 atom stereocenters. The molecule has 1 aromatic rings. The number of hydrogen-bond acceptors (Lipinski definition) is 1. The Balaban J connectivity index is 2.56. The first-order valence-corrected chi connectivity index (χ1v) is 4.97. The van der Waals surface area contributed by atoms with E-state index in [1.54, 1.807) is 12.1 Å². The molecule has 0 amide bonds. The van der Waals surface area contributed by atoms with E-state index in [4.69, 9.17) is 0 Å². The van der Waals surface area contributed by atoms with Gasteiger partial charge in [-0.1, -0.05) is 18.1 Å². The standard InChI is InChI=1S/C13H16FN/c1-4-9-13(2,3)15-10-11-5-7-12(14)8-6-11/h5-8,15H,10H2,1-3H3. The number of benzene rings is 1. The van der Waals surface area contributed by atoms with Crippen molar-refractivity contribution in [3.63, 3.8) is 0 Å². The average Bonchev–Trinajstić information content (AvgIpc) is 2.17. The van der Waals surface area contributed by atoms with Crippen molar-refractivity contribution in [2.45, 2.75) is 32.9 Å². The molecule has 0 aliphatic rings. The molecule has 1 N–H and O–H groups in total. The first-order chi connectivity index (χ1) is 7.03. The molecule has 0 aromatic heterocycles. The molecule has 80 valence electrons.